The van der Waals surface area contributed by atoms with E-state index in [-0.39, 0.29) is 11.4 Å². The fraction of sp³-hybridized carbons (Fsp3) is 0.500. The maximum absolute atomic E-state index is 11.5. The molecule has 0 aromatic rings. The zero-order valence-corrected chi connectivity index (χ0v) is 7.98. The van der Waals surface area contributed by atoms with Gasteiger partial charge in [0.25, 0.3) is 5.91 Å². The third kappa shape index (κ3) is 1.17. The third-order valence-corrected chi connectivity index (χ3v) is 2.14. The summed E-state index contributed by atoms with van der Waals surface area (Å²) in [5.41, 5.74) is 1.34. The molecular formula is C10H15NO. The molecule has 1 heterocycles. The summed E-state index contributed by atoms with van der Waals surface area (Å²) in [7, 11) is 0. The highest BCUT2D eigenvalue weighted by Gasteiger charge is 2.40. The van der Waals surface area contributed by atoms with Gasteiger partial charge in [0.15, 0.2) is 0 Å². The minimum Gasteiger partial charge on any atom is -0.307 e. The van der Waals surface area contributed by atoms with E-state index in [2.05, 4.69) is 13.2 Å². The minimum atomic E-state index is -0.139. The van der Waals surface area contributed by atoms with Crippen LogP contribution in [-0.4, -0.2) is 16.3 Å². The lowest BCUT2D eigenvalue weighted by Gasteiger charge is -2.31. The number of amides is 1. The Morgan fingerprint density at radius 1 is 1.58 bits per heavy atom. The first kappa shape index (κ1) is 9.04. The molecule has 0 radical (unpaired) electrons. The van der Waals surface area contributed by atoms with E-state index in [0.29, 0.717) is 5.57 Å². The molecule has 1 fully saturated rings. The summed E-state index contributed by atoms with van der Waals surface area (Å²) in [5, 5.41) is 0. The summed E-state index contributed by atoms with van der Waals surface area (Å²) >= 11 is 0. The Balaban J connectivity index is 3.05. The van der Waals surface area contributed by atoms with Crippen LogP contribution < -0.4 is 0 Å². The highest BCUT2D eigenvalue weighted by atomic mass is 16.2. The van der Waals surface area contributed by atoms with Crippen molar-refractivity contribution in [3.63, 3.8) is 0 Å². The molecule has 1 aliphatic rings. The summed E-state index contributed by atoms with van der Waals surface area (Å²) in [6.07, 6.45) is 0.735. The molecule has 0 aromatic heterocycles. The second kappa shape index (κ2) is 2.47. The van der Waals surface area contributed by atoms with E-state index >= 15 is 0 Å². The van der Waals surface area contributed by atoms with E-state index in [4.69, 9.17) is 0 Å². The second-order valence-electron chi connectivity index (χ2n) is 3.97. The molecule has 2 heteroatoms. The molecule has 0 spiro atoms. The SMILES string of the molecule is C=C1CC(C)(C)N(C(=C)C)C1=O. The van der Waals surface area contributed by atoms with Gasteiger partial charge in [-0.05, 0) is 20.8 Å². The van der Waals surface area contributed by atoms with Crippen LogP contribution >= 0.6 is 0 Å². The molecule has 0 aromatic carbocycles. The molecule has 0 unspecified atom stereocenters. The Kier molecular flexibility index (Phi) is 1.86. The zero-order valence-electron chi connectivity index (χ0n) is 7.98. The van der Waals surface area contributed by atoms with Crippen LogP contribution in [0.1, 0.15) is 27.2 Å². The van der Waals surface area contributed by atoms with Crippen LogP contribution in [0.3, 0.4) is 0 Å². The normalized spacial score (nSPS) is 21.8. The monoisotopic (exact) mass is 165 g/mol. The van der Waals surface area contributed by atoms with Gasteiger partial charge in [0, 0.05) is 23.2 Å². The van der Waals surface area contributed by atoms with Gasteiger partial charge >= 0.3 is 0 Å². The van der Waals surface area contributed by atoms with E-state index < -0.39 is 0 Å². The van der Waals surface area contributed by atoms with Crippen molar-refractivity contribution in [3.8, 4) is 0 Å². The smallest absolute Gasteiger partial charge is 0.253 e. The molecular weight excluding hydrogens is 150 g/mol. The maximum Gasteiger partial charge on any atom is 0.253 e. The molecule has 0 saturated carbocycles. The van der Waals surface area contributed by atoms with Crippen LogP contribution in [0, 0.1) is 0 Å². The number of carbonyl (C=O) groups excluding carboxylic acids is 1. The molecule has 1 rings (SSSR count). The van der Waals surface area contributed by atoms with E-state index in [1.54, 1.807) is 4.90 Å². The number of hydrogen-bond donors (Lipinski definition) is 0. The number of carbonyl (C=O) groups is 1. The fourth-order valence-electron chi connectivity index (χ4n) is 1.80. The molecule has 2 nitrogen and oxygen atoms in total. The molecule has 1 aliphatic heterocycles. The van der Waals surface area contributed by atoms with Crippen molar-refractivity contribution in [3.05, 3.63) is 24.4 Å². The Bertz CT molecular complexity index is 263. The van der Waals surface area contributed by atoms with Crippen molar-refractivity contribution in [2.24, 2.45) is 0 Å². The number of allylic oxidation sites excluding steroid dienone is 1. The molecule has 0 N–H and O–H groups in total. The average molecular weight is 165 g/mol. The number of hydrogen-bond acceptors (Lipinski definition) is 1. The lowest BCUT2D eigenvalue weighted by atomic mass is 10.0. The molecule has 1 saturated heterocycles. The van der Waals surface area contributed by atoms with E-state index in [0.717, 1.165) is 12.1 Å². The maximum atomic E-state index is 11.5. The zero-order chi connectivity index (χ0) is 9.52. The van der Waals surface area contributed by atoms with Crippen molar-refractivity contribution in [2.45, 2.75) is 32.7 Å². The van der Waals surface area contributed by atoms with Crippen molar-refractivity contribution < 1.29 is 4.79 Å². The van der Waals surface area contributed by atoms with Crippen LogP contribution in [0.25, 0.3) is 0 Å². The highest BCUT2D eigenvalue weighted by Crippen LogP contribution is 2.34. The predicted octanol–water partition coefficient (Wildman–Crippen LogP) is 2.09. The minimum absolute atomic E-state index is 0.0208. The quantitative estimate of drug-likeness (QED) is 0.545. The van der Waals surface area contributed by atoms with Crippen LogP contribution in [-0.2, 0) is 4.79 Å². The van der Waals surface area contributed by atoms with Gasteiger partial charge in [-0.2, -0.15) is 0 Å². The van der Waals surface area contributed by atoms with E-state index in [1.165, 1.54) is 0 Å². The largest absolute Gasteiger partial charge is 0.307 e. The van der Waals surface area contributed by atoms with Gasteiger partial charge in [0.05, 0.1) is 0 Å². The Morgan fingerprint density at radius 3 is 2.25 bits per heavy atom. The van der Waals surface area contributed by atoms with Gasteiger partial charge in [-0.25, -0.2) is 0 Å². The topological polar surface area (TPSA) is 20.3 Å². The lowest BCUT2D eigenvalue weighted by molar-refractivity contribution is -0.125. The lowest BCUT2D eigenvalue weighted by Crippen LogP contribution is -2.38. The van der Waals surface area contributed by atoms with Gasteiger partial charge in [-0.3, -0.25) is 4.79 Å². The predicted molar refractivity (Wildman–Crippen MR) is 49.5 cm³/mol. The second-order valence-corrected chi connectivity index (χ2v) is 3.97. The van der Waals surface area contributed by atoms with Gasteiger partial charge < -0.3 is 4.90 Å². The summed E-state index contributed by atoms with van der Waals surface area (Å²) < 4.78 is 0. The molecule has 0 aliphatic carbocycles. The number of nitrogens with zero attached hydrogens (tertiary/aromatic N) is 1. The average Bonchev–Trinajstić information content (AvgIpc) is 2.01. The van der Waals surface area contributed by atoms with Gasteiger partial charge in [-0.15, -0.1) is 0 Å². The van der Waals surface area contributed by atoms with Crippen molar-refractivity contribution in [1.29, 1.82) is 0 Å². The van der Waals surface area contributed by atoms with Crippen molar-refractivity contribution >= 4 is 5.91 Å². The van der Waals surface area contributed by atoms with Gasteiger partial charge in [-0.1, -0.05) is 13.2 Å². The summed E-state index contributed by atoms with van der Waals surface area (Å²) in [5.74, 6) is 0.0208. The van der Waals surface area contributed by atoms with E-state index in [9.17, 15) is 4.79 Å². The third-order valence-electron chi connectivity index (χ3n) is 2.14. The summed E-state index contributed by atoms with van der Waals surface area (Å²) in [6, 6.07) is 0. The summed E-state index contributed by atoms with van der Waals surface area (Å²) in [4.78, 5) is 13.2. The molecule has 12 heavy (non-hydrogen) atoms. The molecule has 0 atom stereocenters. The summed E-state index contributed by atoms with van der Waals surface area (Å²) in [6.45, 7) is 13.4. The van der Waals surface area contributed by atoms with Crippen LogP contribution in [0.2, 0.25) is 0 Å². The van der Waals surface area contributed by atoms with E-state index in [1.807, 2.05) is 20.8 Å². The van der Waals surface area contributed by atoms with Crippen LogP contribution in [0.5, 0.6) is 0 Å². The number of likely N-dealkylation sites (tertiary alicyclic amines) is 1. The molecule has 66 valence electrons. The Hall–Kier alpha value is -1.05. The van der Waals surface area contributed by atoms with Crippen molar-refractivity contribution in [1.82, 2.24) is 4.90 Å². The van der Waals surface area contributed by atoms with Crippen molar-refractivity contribution in [2.75, 3.05) is 0 Å². The highest BCUT2D eigenvalue weighted by molar-refractivity contribution is 5.97. The van der Waals surface area contributed by atoms with Gasteiger partial charge in [0.2, 0.25) is 0 Å². The Morgan fingerprint density at radius 2 is 2.08 bits per heavy atom. The Labute approximate surface area is 73.6 Å². The first-order valence-electron chi connectivity index (χ1n) is 4.04. The first-order valence-corrected chi connectivity index (χ1v) is 4.04. The van der Waals surface area contributed by atoms with Crippen LogP contribution in [0.15, 0.2) is 24.4 Å². The fourth-order valence-corrected chi connectivity index (χ4v) is 1.80. The number of rotatable bonds is 1. The molecule has 0 bridgehead atoms. The van der Waals surface area contributed by atoms with Crippen LogP contribution in [0.4, 0.5) is 0 Å². The standard InChI is InChI=1S/C10H15NO/c1-7(2)11-9(12)8(3)6-10(11,4)5/h1,3,6H2,2,4-5H3. The van der Waals surface area contributed by atoms with Gasteiger partial charge in [0.1, 0.15) is 0 Å². The molecule has 1 amide bonds. The first-order chi connectivity index (χ1) is 5.36.